The number of terminal acetylenes is 1. The van der Waals surface area contributed by atoms with E-state index in [1.54, 1.807) is 55.5 Å². The number of carbonyl (C=O) groups is 2. The van der Waals surface area contributed by atoms with Crippen LogP contribution in [0.3, 0.4) is 0 Å². The Morgan fingerprint density at radius 2 is 1.88 bits per heavy atom. The van der Waals surface area contributed by atoms with Crippen molar-refractivity contribution in [2.75, 3.05) is 11.9 Å². The molecule has 5 heteroatoms. The Morgan fingerprint density at radius 1 is 1.16 bits per heavy atom. The Morgan fingerprint density at radius 3 is 2.60 bits per heavy atom. The van der Waals surface area contributed by atoms with Crippen LogP contribution in [0.15, 0.2) is 48.5 Å². The van der Waals surface area contributed by atoms with E-state index in [-0.39, 0.29) is 18.3 Å². The lowest BCUT2D eigenvalue weighted by molar-refractivity contribution is -0.122. The maximum atomic E-state index is 12.3. The number of benzene rings is 2. The summed E-state index contributed by atoms with van der Waals surface area (Å²) in [6.45, 7) is 3.27. The first-order valence-electron chi connectivity index (χ1n) is 7.74. The second-order valence-electron chi connectivity index (χ2n) is 5.35. The highest BCUT2D eigenvalue weighted by Crippen LogP contribution is 2.19. The molecule has 25 heavy (non-hydrogen) atoms. The van der Waals surface area contributed by atoms with Crippen molar-refractivity contribution in [3.8, 4) is 23.8 Å². The van der Waals surface area contributed by atoms with Crippen molar-refractivity contribution in [3.05, 3.63) is 54.1 Å². The predicted molar refractivity (Wildman–Crippen MR) is 95.9 cm³/mol. The lowest BCUT2D eigenvalue weighted by atomic mass is 10.1. The summed E-state index contributed by atoms with van der Waals surface area (Å²) in [4.78, 5) is 23.7. The van der Waals surface area contributed by atoms with Gasteiger partial charge in [0.05, 0.1) is 0 Å². The molecule has 1 unspecified atom stereocenters. The number of ketones is 1. The Kier molecular flexibility index (Phi) is 6.19. The fourth-order valence-corrected chi connectivity index (χ4v) is 2.08. The molecule has 0 heterocycles. The number of hydrogen-bond donors (Lipinski definition) is 1. The standard InChI is InChI=1S/C20H19NO4/c1-4-11-24-18-9-6-8-17(13-18)21-20(23)15(3)25-19-10-5-7-16(12-19)14(2)22/h1,5-10,12-13,15H,11H2,2-3H3,(H,21,23). The van der Waals surface area contributed by atoms with Crippen molar-refractivity contribution in [2.24, 2.45) is 0 Å². The molecule has 2 aromatic carbocycles. The summed E-state index contributed by atoms with van der Waals surface area (Å²) < 4.78 is 10.9. The average molecular weight is 337 g/mol. The van der Waals surface area contributed by atoms with E-state index in [1.165, 1.54) is 6.92 Å². The van der Waals surface area contributed by atoms with Gasteiger partial charge in [-0.25, -0.2) is 0 Å². The molecule has 0 fully saturated rings. The summed E-state index contributed by atoms with van der Waals surface area (Å²) in [7, 11) is 0. The van der Waals surface area contributed by atoms with Gasteiger partial charge in [0.15, 0.2) is 11.9 Å². The zero-order chi connectivity index (χ0) is 18.2. The minimum Gasteiger partial charge on any atom is -0.481 e. The van der Waals surface area contributed by atoms with Gasteiger partial charge in [-0.3, -0.25) is 9.59 Å². The van der Waals surface area contributed by atoms with E-state index >= 15 is 0 Å². The summed E-state index contributed by atoms with van der Waals surface area (Å²) in [6, 6.07) is 13.6. The van der Waals surface area contributed by atoms with Crippen LogP contribution in [-0.4, -0.2) is 24.4 Å². The molecule has 5 nitrogen and oxygen atoms in total. The zero-order valence-electron chi connectivity index (χ0n) is 14.1. The molecular formula is C20H19NO4. The highest BCUT2D eigenvalue weighted by molar-refractivity contribution is 5.95. The van der Waals surface area contributed by atoms with Crippen LogP contribution in [-0.2, 0) is 4.79 Å². The molecule has 0 spiro atoms. The van der Waals surface area contributed by atoms with E-state index in [0.29, 0.717) is 22.7 Å². The third-order valence-electron chi connectivity index (χ3n) is 3.35. The summed E-state index contributed by atoms with van der Waals surface area (Å²) >= 11 is 0. The SMILES string of the molecule is C#CCOc1cccc(NC(=O)C(C)Oc2cccc(C(C)=O)c2)c1. The molecule has 0 aliphatic rings. The van der Waals surface area contributed by atoms with Gasteiger partial charge in [0, 0.05) is 17.3 Å². The zero-order valence-corrected chi connectivity index (χ0v) is 14.1. The van der Waals surface area contributed by atoms with Crippen molar-refractivity contribution in [1.29, 1.82) is 0 Å². The van der Waals surface area contributed by atoms with Crippen LogP contribution >= 0.6 is 0 Å². The maximum absolute atomic E-state index is 12.3. The average Bonchev–Trinajstić information content (AvgIpc) is 2.60. The third-order valence-corrected chi connectivity index (χ3v) is 3.35. The molecule has 0 saturated heterocycles. The maximum Gasteiger partial charge on any atom is 0.265 e. The summed E-state index contributed by atoms with van der Waals surface area (Å²) in [5.41, 5.74) is 1.11. The van der Waals surface area contributed by atoms with Crippen LogP contribution in [0, 0.1) is 12.3 Å². The summed E-state index contributed by atoms with van der Waals surface area (Å²) in [5.74, 6) is 3.03. The highest BCUT2D eigenvalue weighted by atomic mass is 16.5. The van der Waals surface area contributed by atoms with Gasteiger partial charge in [-0.1, -0.05) is 24.1 Å². The topological polar surface area (TPSA) is 64.6 Å². The van der Waals surface area contributed by atoms with Crippen molar-refractivity contribution in [1.82, 2.24) is 0 Å². The molecule has 0 radical (unpaired) electrons. The Balaban J connectivity index is 2.00. The van der Waals surface area contributed by atoms with Gasteiger partial charge in [-0.15, -0.1) is 6.42 Å². The Hall–Kier alpha value is -3.26. The van der Waals surface area contributed by atoms with Crippen LogP contribution in [0.25, 0.3) is 0 Å². The van der Waals surface area contributed by atoms with Crippen LogP contribution in [0.1, 0.15) is 24.2 Å². The summed E-state index contributed by atoms with van der Waals surface area (Å²) in [5, 5.41) is 2.75. The van der Waals surface area contributed by atoms with E-state index in [0.717, 1.165) is 0 Å². The van der Waals surface area contributed by atoms with Gasteiger partial charge in [-0.2, -0.15) is 0 Å². The normalized spacial score (nSPS) is 11.1. The van der Waals surface area contributed by atoms with Crippen molar-refractivity contribution in [3.63, 3.8) is 0 Å². The largest absolute Gasteiger partial charge is 0.481 e. The van der Waals surface area contributed by atoms with Crippen LogP contribution < -0.4 is 14.8 Å². The van der Waals surface area contributed by atoms with Gasteiger partial charge in [0.2, 0.25) is 0 Å². The lowest BCUT2D eigenvalue weighted by Crippen LogP contribution is -2.30. The van der Waals surface area contributed by atoms with Crippen LogP contribution in [0.2, 0.25) is 0 Å². The van der Waals surface area contributed by atoms with E-state index in [9.17, 15) is 9.59 Å². The summed E-state index contributed by atoms with van der Waals surface area (Å²) in [6.07, 6.45) is 4.42. The molecule has 0 saturated carbocycles. The minimum atomic E-state index is -0.738. The van der Waals surface area contributed by atoms with Gasteiger partial charge >= 0.3 is 0 Å². The van der Waals surface area contributed by atoms with Gasteiger partial charge in [0.25, 0.3) is 5.91 Å². The van der Waals surface area contributed by atoms with Gasteiger partial charge in [0.1, 0.15) is 18.1 Å². The smallest absolute Gasteiger partial charge is 0.265 e. The first-order chi connectivity index (χ1) is 12.0. The number of nitrogens with one attached hydrogen (secondary N) is 1. The molecule has 0 bridgehead atoms. The van der Waals surface area contributed by atoms with Crippen molar-refractivity contribution in [2.45, 2.75) is 20.0 Å². The minimum absolute atomic E-state index is 0.0636. The number of Topliss-reactive ketones (excluding diaryl/α,β-unsaturated/α-hetero) is 1. The monoisotopic (exact) mass is 337 g/mol. The Bertz CT molecular complexity index is 807. The van der Waals surface area contributed by atoms with E-state index < -0.39 is 6.10 Å². The first kappa shape index (κ1) is 18.1. The van der Waals surface area contributed by atoms with Crippen LogP contribution in [0.4, 0.5) is 5.69 Å². The van der Waals surface area contributed by atoms with Crippen molar-refractivity contribution >= 4 is 17.4 Å². The lowest BCUT2D eigenvalue weighted by Gasteiger charge is -2.15. The molecule has 1 atom stereocenters. The molecule has 2 aromatic rings. The molecule has 1 N–H and O–H groups in total. The molecule has 0 aromatic heterocycles. The third kappa shape index (κ3) is 5.40. The number of carbonyl (C=O) groups excluding carboxylic acids is 2. The van der Waals surface area contributed by atoms with Gasteiger partial charge < -0.3 is 14.8 Å². The van der Waals surface area contributed by atoms with Crippen molar-refractivity contribution < 1.29 is 19.1 Å². The Labute approximate surface area is 147 Å². The fourth-order valence-electron chi connectivity index (χ4n) is 2.08. The second kappa shape index (κ2) is 8.55. The second-order valence-corrected chi connectivity index (χ2v) is 5.35. The molecule has 1 amide bonds. The quantitative estimate of drug-likeness (QED) is 0.622. The molecular weight excluding hydrogens is 318 g/mol. The molecule has 128 valence electrons. The number of anilines is 1. The number of amides is 1. The fraction of sp³-hybridized carbons (Fsp3) is 0.200. The predicted octanol–water partition coefficient (Wildman–Crippen LogP) is 3.31. The first-order valence-corrected chi connectivity index (χ1v) is 7.74. The van der Waals surface area contributed by atoms with Crippen LogP contribution in [0.5, 0.6) is 11.5 Å². The molecule has 0 aliphatic heterocycles. The number of ether oxygens (including phenoxy) is 2. The molecule has 0 aliphatic carbocycles. The molecule has 2 rings (SSSR count). The van der Waals surface area contributed by atoms with E-state index in [4.69, 9.17) is 15.9 Å². The number of hydrogen-bond acceptors (Lipinski definition) is 4. The van der Waals surface area contributed by atoms with E-state index in [2.05, 4.69) is 11.2 Å². The van der Waals surface area contributed by atoms with E-state index in [1.807, 2.05) is 0 Å². The highest BCUT2D eigenvalue weighted by Gasteiger charge is 2.15. The van der Waals surface area contributed by atoms with Gasteiger partial charge in [-0.05, 0) is 38.1 Å². The number of rotatable bonds is 7.